The van der Waals surface area contributed by atoms with Crippen molar-refractivity contribution >= 4 is 5.97 Å². The molecule has 0 aromatic carbocycles. The van der Waals surface area contributed by atoms with Gasteiger partial charge in [-0.15, -0.1) is 0 Å². The minimum absolute atomic E-state index is 0. The maximum Gasteiger partial charge on any atom is 0.309 e. The molecule has 4 heteroatoms. The number of hydrogen-bond acceptors (Lipinski definition) is 3. The van der Waals surface area contributed by atoms with Gasteiger partial charge in [-0.25, -0.2) is 0 Å². The minimum atomic E-state index is -0.0149. The number of unbranched alkanes of at least 4 members (excludes halogenated alkanes) is 4. The zero-order valence-corrected chi connectivity index (χ0v) is 28.8. The summed E-state index contributed by atoms with van der Waals surface area (Å²) in [5, 5.41) is 0. The van der Waals surface area contributed by atoms with Gasteiger partial charge in [0.1, 0.15) is 0 Å². The first kappa shape index (κ1) is 39.0. The summed E-state index contributed by atoms with van der Waals surface area (Å²) in [6, 6.07) is 0. The second-order valence-electron chi connectivity index (χ2n) is 16.6. The van der Waals surface area contributed by atoms with Gasteiger partial charge in [0.15, 0.2) is 0 Å². The van der Waals surface area contributed by atoms with Crippen molar-refractivity contribution in [2.24, 2.45) is 33.5 Å². The molecule has 1 saturated carbocycles. The van der Waals surface area contributed by atoms with Crippen molar-refractivity contribution in [3.8, 4) is 0 Å². The Hall–Kier alpha value is -1.03. The zero-order valence-electron chi connectivity index (χ0n) is 28.8. The van der Waals surface area contributed by atoms with Crippen LogP contribution in [0.15, 0.2) is 12.3 Å². The highest BCUT2D eigenvalue weighted by atomic mass is 16.5. The molecule has 238 valence electrons. The summed E-state index contributed by atoms with van der Waals surface area (Å²) in [4.78, 5) is 13.1. The molecule has 1 rings (SSSR count). The molecule has 0 bridgehead atoms. The van der Waals surface area contributed by atoms with Crippen molar-refractivity contribution in [2.75, 3.05) is 6.61 Å². The molecule has 0 heterocycles. The average Bonchev–Trinajstić information content (AvgIpc) is 2.88. The van der Waals surface area contributed by atoms with Crippen LogP contribution in [0.3, 0.4) is 0 Å². The summed E-state index contributed by atoms with van der Waals surface area (Å²) in [6.45, 7) is 30.3. The molecular weight excluding hydrogens is 496 g/mol. The van der Waals surface area contributed by atoms with Crippen molar-refractivity contribution in [3.05, 3.63) is 12.3 Å². The van der Waals surface area contributed by atoms with Gasteiger partial charge < -0.3 is 14.9 Å². The van der Waals surface area contributed by atoms with Crippen LogP contribution in [0.1, 0.15) is 166 Å². The fourth-order valence-corrected chi connectivity index (χ4v) is 6.68. The average molecular weight is 567 g/mol. The lowest BCUT2D eigenvalue weighted by molar-refractivity contribution is -0.156. The number of carbonyl (C=O) groups excluding carboxylic acids is 1. The van der Waals surface area contributed by atoms with Crippen molar-refractivity contribution in [3.63, 3.8) is 0 Å². The minimum Gasteiger partial charge on any atom is -0.498 e. The predicted octanol–water partition coefficient (Wildman–Crippen LogP) is 10.5. The van der Waals surface area contributed by atoms with Crippen LogP contribution in [0, 0.1) is 33.5 Å². The van der Waals surface area contributed by atoms with Crippen molar-refractivity contribution in [1.82, 2.24) is 0 Å². The Kier molecular flexibility index (Phi) is 16.7. The van der Waals surface area contributed by atoms with E-state index >= 15 is 0 Å². The molecule has 0 aliphatic heterocycles. The van der Waals surface area contributed by atoms with Crippen molar-refractivity contribution < 1.29 is 19.7 Å². The van der Waals surface area contributed by atoms with Crippen LogP contribution in [0.25, 0.3) is 0 Å². The summed E-state index contributed by atoms with van der Waals surface area (Å²) in [6.07, 6.45) is 15.8. The van der Waals surface area contributed by atoms with Gasteiger partial charge in [0.25, 0.3) is 0 Å². The maximum absolute atomic E-state index is 13.1. The number of esters is 1. The van der Waals surface area contributed by atoms with Gasteiger partial charge in [0.2, 0.25) is 0 Å². The molecule has 0 aromatic rings. The molecule has 2 atom stereocenters. The molecule has 2 N–H and O–H groups in total. The fraction of sp³-hybridized carbons (Fsp3) is 0.917. The molecule has 40 heavy (non-hydrogen) atoms. The number of hydrogen-bond donors (Lipinski definition) is 0. The molecule has 1 aliphatic rings. The van der Waals surface area contributed by atoms with Gasteiger partial charge in [-0.2, -0.15) is 0 Å². The van der Waals surface area contributed by atoms with E-state index in [9.17, 15) is 4.79 Å². The van der Waals surface area contributed by atoms with Crippen molar-refractivity contribution in [1.29, 1.82) is 0 Å². The Labute approximate surface area is 250 Å². The largest absolute Gasteiger partial charge is 0.498 e. The van der Waals surface area contributed by atoms with E-state index in [0.29, 0.717) is 16.7 Å². The smallest absolute Gasteiger partial charge is 0.309 e. The van der Waals surface area contributed by atoms with Crippen LogP contribution in [-0.4, -0.2) is 24.2 Å². The topological polar surface area (TPSA) is 67.0 Å². The van der Waals surface area contributed by atoms with Gasteiger partial charge in [-0.1, -0.05) is 101 Å². The van der Waals surface area contributed by atoms with Gasteiger partial charge in [-0.3, -0.25) is 4.79 Å². The predicted molar refractivity (Wildman–Crippen MR) is 172 cm³/mol. The maximum atomic E-state index is 13.1. The summed E-state index contributed by atoms with van der Waals surface area (Å²) >= 11 is 0. The van der Waals surface area contributed by atoms with Crippen LogP contribution in [-0.2, 0) is 14.3 Å². The van der Waals surface area contributed by atoms with E-state index < -0.39 is 0 Å². The van der Waals surface area contributed by atoms with E-state index in [-0.39, 0.29) is 34.3 Å². The van der Waals surface area contributed by atoms with E-state index in [1.54, 1.807) is 0 Å². The molecule has 1 aliphatic carbocycles. The second kappa shape index (κ2) is 17.2. The van der Waals surface area contributed by atoms with E-state index in [4.69, 9.17) is 9.47 Å². The Morgan fingerprint density at radius 3 is 1.95 bits per heavy atom. The normalized spacial score (nSPS) is 19.2. The molecule has 0 spiro atoms. The van der Waals surface area contributed by atoms with Gasteiger partial charge in [0.05, 0.1) is 24.4 Å². The number of allylic oxidation sites excluding steroid dienone is 1. The highest BCUT2D eigenvalue weighted by Crippen LogP contribution is 2.47. The quantitative estimate of drug-likeness (QED) is 0.0761. The second-order valence-corrected chi connectivity index (χ2v) is 16.6. The first-order chi connectivity index (χ1) is 17.8. The van der Waals surface area contributed by atoms with Crippen LogP contribution >= 0.6 is 0 Å². The molecule has 0 radical (unpaired) electrons. The summed E-state index contributed by atoms with van der Waals surface area (Å²) in [7, 11) is 0. The Bertz CT molecular complexity index is 710. The Balaban J connectivity index is 0.0000152. The fourth-order valence-electron chi connectivity index (χ4n) is 6.68. The third-order valence-electron chi connectivity index (χ3n) is 8.81. The number of ether oxygens (including phenoxy) is 2. The molecule has 0 aromatic heterocycles. The van der Waals surface area contributed by atoms with Crippen LogP contribution in [0.4, 0.5) is 0 Å². The van der Waals surface area contributed by atoms with Crippen LogP contribution in [0.5, 0.6) is 0 Å². The third-order valence-corrected chi connectivity index (χ3v) is 8.81. The SMILES string of the molecule is C=C(OCCCCCCCC(C)OC(=O)C(CC(C)(C)C)CC(C)(C)CCC)C1CC(C)(C)CCC(C)(C)C1.O. The molecule has 1 fully saturated rings. The molecule has 2 unspecified atom stereocenters. The molecule has 0 saturated heterocycles. The molecule has 4 nitrogen and oxygen atoms in total. The number of rotatable bonds is 17. The molecule has 0 amide bonds. The lowest BCUT2D eigenvalue weighted by Gasteiger charge is -2.32. The lowest BCUT2D eigenvalue weighted by atomic mass is 9.74. The highest BCUT2D eigenvalue weighted by molar-refractivity contribution is 5.72. The van der Waals surface area contributed by atoms with E-state index in [1.807, 2.05) is 0 Å². The zero-order chi connectivity index (χ0) is 29.9. The first-order valence-corrected chi connectivity index (χ1v) is 16.4. The lowest BCUT2D eigenvalue weighted by Crippen LogP contribution is -2.30. The summed E-state index contributed by atoms with van der Waals surface area (Å²) in [5.74, 6) is 1.48. The highest BCUT2D eigenvalue weighted by Gasteiger charge is 2.36. The van der Waals surface area contributed by atoms with E-state index in [0.717, 1.165) is 57.3 Å². The van der Waals surface area contributed by atoms with Crippen LogP contribution < -0.4 is 0 Å². The van der Waals surface area contributed by atoms with Gasteiger partial charge in [0, 0.05) is 5.92 Å². The monoisotopic (exact) mass is 567 g/mol. The van der Waals surface area contributed by atoms with E-state index in [2.05, 4.69) is 82.7 Å². The van der Waals surface area contributed by atoms with Crippen LogP contribution in [0.2, 0.25) is 0 Å². The summed E-state index contributed by atoms with van der Waals surface area (Å²) in [5.41, 5.74) is 1.03. The van der Waals surface area contributed by atoms with Gasteiger partial charge >= 0.3 is 5.97 Å². The summed E-state index contributed by atoms with van der Waals surface area (Å²) < 4.78 is 12.1. The standard InChI is InChI=1S/C36H68O3.H2O/c1-13-20-34(7,8)27-31(24-33(4,5)6)32(37)39-28(2)19-17-15-14-16-18-23-38-29(3)30-25-35(9,10)21-22-36(11,12)26-30;/h28,30-31H,3,13-27H2,1-2,4-12H3;1H2. The number of carbonyl (C=O) groups is 1. The third kappa shape index (κ3) is 17.0. The Morgan fingerprint density at radius 2 is 1.43 bits per heavy atom. The van der Waals surface area contributed by atoms with E-state index in [1.165, 1.54) is 44.9 Å². The molecular formula is C36H70O4. The first-order valence-electron chi connectivity index (χ1n) is 16.4. The van der Waals surface area contributed by atoms with Gasteiger partial charge in [-0.05, 0) is 92.8 Å². The Morgan fingerprint density at radius 1 is 0.900 bits per heavy atom. The van der Waals surface area contributed by atoms with Crippen molar-refractivity contribution in [2.45, 2.75) is 172 Å².